The van der Waals surface area contributed by atoms with E-state index < -0.39 is 23.6 Å². The van der Waals surface area contributed by atoms with Gasteiger partial charge < -0.3 is 14.6 Å². The van der Waals surface area contributed by atoms with Crippen LogP contribution in [0.2, 0.25) is 0 Å². The minimum atomic E-state index is -1.02. The van der Waals surface area contributed by atoms with Crippen molar-refractivity contribution >= 4 is 11.9 Å². The van der Waals surface area contributed by atoms with Crippen molar-refractivity contribution in [1.29, 1.82) is 0 Å². The van der Waals surface area contributed by atoms with Gasteiger partial charge in [-0.2, -0.15) is 0 Å². The average molecular weight is 278 g/mol. The van der Waals surface area contributed by atoms with Crippen LogP contribution in [0.15, 0.2) is 24.3 Å². The van der Waals surface area contributed by atoms with Crippen LogP contribution in [0.1, 0.15) is 13.3 Å². The molecule has 1 N–H and O–H groups in total. The SMILES string of the molecule is COC(=O)[C@]12[C@H]([C@H]3C=C[C@@H]1C3)[C@H](OC(C)=O)C=C[C@@H]2O. The lowest BCUT2D eigenvalue weighted by Crippen LogP contribution is -2.56. The van der Waals surface area contributed by atoms with Crippen LogP contribution >= 0.6 is 0 Å². The third-order valence-electron chi connectivity index (χ3n) is 4.91. The molecule has 0 radical (unpaired) electrons. The van der Waals surface area contributed by atoms with Gasteiger partial charge in [0.05, 0.1) is 13.2 Å². The van der Waals surface area contributed by atoms with E-state index in [1.165, 1.54) is 14.0 Å². The quantitative estimate of drug-likeness (QED) is 0.598. The molecule has 5 nitrogen and oxygen atoms in total. The third-order valence-corrected chi connectivity index (χ3v) is 4.91. The van der Waals surface area contributed by atoms with E-state index in [0.29, 0.717) is 0 Å². The van der Waals surface area contributed by atoms with Gasteiger partial charge in [-0.15, -0.1) is 0 Å². The summed E-state index contributed by atoms with van der Waals surface area (Å²) in [5.74, 6) is -1.00. The van der Waals surface area contributed by atoms with Gasteiger partial charge in [0.15, 0.2) is 0 Å². The molecule has 3 rings (SSSR count). The smallest absolute Gasteiger partial charge is 0.315 e. The molecule has 0 heterocycles. The Balaban J connectivity index is 2.07. The Bertz CT molecular complexity index is 508. The second-order valence-corrected chi connectivity index (χ2v) is 5.75. The normalized spacial score (nSPS) is 44.2. The van der Waals surface area contributed by atoms with Crippen LogP contribution in [0.3, 0.4) is 0 Å². The van der Waals surface area contributed by atoms with Crippen molar-refractivity contribution in [3.05, 3.63) is 24.3 Å². The lowest BCUT2D eigenvalue weighted by atomic mass is 9.60. The summed E-state index contributed by atoms with van der Waals surface area (Å²) in [5.41, 5.74) is -1.02. The Hall–Kier alpha value is -1.62. The highest BCUT2D eigenvalue weighted by Crippen LogP contribution is 2.61. The van der Waals surface area contributed by atoms with E-state index in [-0.39, 0.29) is 23.7 Å². The molecule has 0 saturated heterocycles. The summed E-state index contributed by atoms with van der Waals surface area (Å²) >= 11 is 0. The van der Waals surface area contributed by atoms with Crippen molar-refractivity contribution in [2.24, 2.45) is 23.2 Å². The van der Waals surface area contributed by atoms with Crippen molar-refractivity contribution in [2.45, 2.75) is 25.6 Å². The number of hydrogen-bond acceptors (Lipinski definition) is 5. The molecular weight excluding hydrogens is 260 g/mol. The maximum absolute atomic E-state index is 12.4. The molecule has 1 saturated carbocycles. The van der Waals surface area contributed by atoms with Gasteiger partial charge in [-0.25, -0.2) is 0 Å². The molecule has 0 unspecified atom stereocenters. The molecule has 0 aromatic heterocycles. The molecule has 5 heteroatoms. The van der Waals surface area contributed by atoms with Crippen molar-refractivity contribution in [3.8, 4) is 0 Å². The first-order chi connectivity index (χ1) is 9.51. The number of esters is 2. The second-order valence-electron chi connectivity index (χ2n) is 5.75. The fraction of sp³-hybridized carbons (Fsp3) is 0.600. The number of carbonyl (C=O) groups is 2. The number of allylic oxidation sites excluding steroid dienone is 2. The molecule has 2 bridgehead atoms. The highest BCUT2D eigenvalue weighted by Gasteiger charge is 2.67. The Labute approximate surface area is 117 Å². The number of ether oxygens (including phenoxy) is 2. The first-order valence-corrected chi connectivity index (χ1v) is 6.82. The number of carbonyl (C=O) groups excluding carboxylic acids is 2. The van der Waals surface area contributed by atoms with Gasteiger partial charge in [0, 0.05) is 12.8 Å². The zero-order valence-corrected chi connectivity index (χ0v) is 11.5. The van der Waals surface area contributed by atoms with Gasteiger partial charge in [-0.1, -0.05) is 18.2 Å². The summed E-state index contributed by atoms with van der Waals surface area (Å²) < 4.78 is 10.3. The number of hydrogen-bond donors (Lipinski definition) is 1. The van der Waals surface area contributed by atoms with Crippen LogP contribution in [-0.4, -0.2) is 36.4 Å². The van der Waals surface area contributed by atoms with Gasteiger partial charge >= 0.3 is 11.9 Å². The van der Waals surface area contributed by atoms with Crippen molar-refractivity contribution in [3.63, 3.8) is 0 Å². The van der Waals surface area contributed by atoms with Crippen molar-refractivity contribution in [1.82, 2.24) is 0 Å². The zero-order valence-electron chi connectivity index (χ0n) is 11.5. The van der Waals surface area contributed by atoms with E-state index in [2.05, 4.69) is 6.08 Å². The molecule has 6 atom stereocenters. The van der Waals surface area contributed by atoms with Crippen LogP contribution < -0.4 is 0 Å². The fourth-order valence-corrected chi connectivity index (χ4v) is 4.26. The van der Waals surface area contributed by atoms with E-state index in [4.69, 9.17) is 9.47 Å². The van der Waals surface area contributed by atoms with Crippen molar-refractivity contribution in [2.75, 3.05) is 7.11 Å². The van der Waals surface area contributed by atoms with E-state index in [1.807, 2.05) is 6.08 Å². The van der Waals surface area contributed by atoms with Gasteiger partial charge in [-0.3, -0.25) is 9.59 Å². The minimum absolute atomic E-state index is 0.0667. The predicted octanol–water partition coefficient (Wildman–Crippen LogP) is 0.830. The van der Waals surface area contributed by atoms with Crippen LogP contribution in [0.5, 0.6) is 0 Å². The summed E-state index contributed by atoms with van der Waals surface area (Å²) in [6.07, 6.45) is 6.66. The van der Waals surface area contributed by atoms with Crippen molar-refractivity contribution < 1.29 is 24.2 Å². The first-order valence-electron chi connectivity index (χ1n) is 6.82. The standard InChI is InChI=1S/C15H18O5/c1-8(16)20-11-5-6-12(17)15(14(18)19-2)10-4-3-9(7-10)13(11)15/h3-6,9-13,17H,7H2,1-2H3/t9-,10+,11+,12-,13+,15+/m0/s1. The summed E-state index contributed by atoms with van der Waals surface area (Å²) in [6.45, 7) is 1.35. The molecule has 3 aliphatic rings. The highest BCUT2D eigenvalue weighted by molar-refractivity contribution is 5.81. The zero-order chi connectivity index (χ0) is 14.5. The Kier molecular flexibility index (Phi) is 2.97. The van der Waals surface area contributed by atoms with E-state index in [9.17, 15) is 14.7 Å². The number of methoxy groups -OCH3 is 1. The number of fused-ring (bicyclic) bond motifs is 5. The molecule has 1 fully saturated rings. The molecule has 0 aromatic rings. The highest BCUT2D eigenvalue weighted by atomic mass is 16.5. The third kappa shape index (κ3) is 1.53. The molecule has 108 valence electrons. The van der Waals surface area contributed by atoms with Crippen LogP contribution in [0, 0.1) is 23.2 Å². The first kappa shape index (κ1) is 13.4. The molecule has 0 aromatic carbocycles. The van der Waals surface area contributed by atoms with Crippen LogP contribution in [0.25, 0.3) is 0 Å². The largest absolute Gasteiger partial charge is 0.468 e. The maximum atomic E-state index is 12.4. The Morgan fingerprint density at radius 1 is 1.25 bits per heavy atom. The lowest BCUT2D eigenvalue weighted by molar-refractivity contribution is -0.176. The summed E-state index contributed by atoms with van der Waals surface area (Å²) in [4.78, 5) is 23.7. The minimum Gasteiger partial charge on any atom is -0.468 e. The van der Waals surface area contributed by atoms with E-state index in [1.54, 1.807) is 12.2 Å². The lowest BCUT2D eigenvalue weighted by Gasteiger charge is -2.46. The number of aliphatic hydroxyl groups excluding tert-OH is 1. The molecule has 0 aliphatic heterocycles. The Morgan fingerprint density at radius 2 is 2.00 bits per heavy atom. The summed E-state index contributed by atoms with van der Waals surface area (Å²) in [7, 11) is 1.33. The Morgan fingerprint density at radius 3 is 2.65 bits per heavy atom. The van der Waals surface area contributed by atoms with Gasteiger partial charge in [-0.05, 0) is 24.3 Å². The summed E-state index contributed by atoms with van der Waals surface area (Å²) in [6, 6.07) is 0. The van der Waals surface area contributed by atoms with Crippen LogP contribution in [-0.2, 0) is 19.1 Å². The fourth-order valence-electron chi connectivity index (χ4n) is 4.26. The van der Waals surface area contributed by atoms with Gasteiger partial charge in [0.2, 0.25) is 0 Å². The monoisotopic (exact) mass is 278 g/mol. The van der Waals surface area contributed by atoms with Gasteiger partial charge in [0.1, 0.15) is 11.5 Å². The molecular formula is C15H18O5. The number of rotatable bonds is 2. The topological polar surface area (TPSA) is 72.8 Å². The van der Waals surface area contributed by atoms with Crippen LogP contribution in [0.4, 0.5) is 0 Å². The molecule has 20 heavy (non-hydrogen) atoms. The maximum Gasteiger partial charge on any atom is 0.315 e. The number of aliphatic hydroxyl groups is 1. The molecule has 0 amide bonds. The van der Waals surface area contributed by atoms with E-state index >= 15 is 0 Å². The molecule has 0 spiro atoms. The predicted molar refractivity (Wildman–Crippen MR) is 69.4 cm³/mol. The summed E-state index contributed by atoms with van der Waals surface area (Å²) in [5, 5.41) is 10.4. The second kappa shape index (κ2) is 4.45. The average Bonchev–Trinajstić information content (AvgIpc) is 3.00. The van der Waals surface area contributed by atoms with E-state index in [0.717, 1.165) is 6.42 Å². The molecule has 3 aliphatic carbocycles. The van der Waals surface area contributed by atoms with Gasteiger partial charge in [0.25, 0.3) is 0 Å².